The number of Topliss-reactive ketones (excluding diaryl/α,β-unsaturated/α-hetero) is 1. The molecule has 0 bridgehead atoms. The number of carbonyl (C=O) groups excluding carboxylic acids is 1. The summed E-state index contributed by atoms with van der Waals surface area (Å²) in [5.41, 5.74) is -1.39. The van der Waals surface area contributed by atoms with Gasteiger partial charge < -0.3 is 9.84 Å². The standard InChI is InChI=1S/C29H30F3N3O5/c30-29(31,32)20-9-13-24-23(14-20)27(37)35(34-33-24)15-19-8-12-22(25(19)28(38)39)26(36)18-6-10-21(11-7-18)40-16-17-4-2-1-3-5-17/h6-7,9-11,13-14,17,19,22,25H,1-5,8,12,15-16H2,(H,38,39)/t19-,22-,25-/m0/s1. The summed E-state index contributed by atoms with van der Waals surface area (Å²) in [5, 5.41) is 17.4. The van der Waals surface area contributed by atoms with E-state index in [4.69, 9.17) is 4.74 Å². The zero-order chi connectivity index (χ0) is 28.4. The highest BCUT2D eigenvalue weighted by atomic mass is 19.4. The van der Waals surface area contributed by atoms with Crippen LogP contribution in [0.5, 0.6) is 5.75 Å². The maximum Gasteiger partial charge on any atom is 0.416 e. The normalized spacial score (nSPS) is 21.9. The van der Waals surface area contributed by atoms with Gasteiger partial charge in [0.2, 0.25) is 0 Å². The van der Waals surface area contributed by atoms with Gasteiger partial charge in [-0.25, -0.2) is 4.68 Å². The van der Waals surface area contributed by atoms with Gasteiger partial charge in [-0.05, 0) is 80.0 Å². The van der Waals surface area contributed by atoms with Crippen LogP contribution in [0.2, 0.25) is 0 Å². The van der Waals surface area contributed by atoms with E-state index in [9.17, 15) is 32.7 Å². The Morgan fingerprint density at radius 3 is 2.40 bits per heavy atom. The Morgan fingerprint density at radius 1 is 1.00 bits per heavy atom. The number of aliphatic carboxylic acids is 1. The molecule has 0 saturated heterocycles. The van der Waals surface area contributed by atoms with Crippen LogP contribution in [-0.2, 0) is 17.5 Å². The number of ether oxygens (including phenoxy) is 1. The highest BCUT2D eigenvalue weighted by Crippen LogP contribution is 2.40. The van der Waals surface area contributed by atoms with Gasteiger partial charge in [0.05, 0.1) is 30.0 Å². The first-order chi connectivity index (χ1) is 19.1. The van der Waals surface area contributed by atoms with Crippen molar-refractivity contribution in [1.29, 1.82) is 0 Å². The molecule has 5 rings (SSSR count). The lowest BCUT2D eigenvalue weighted by atomic mass is 9.84. The summed E-state index contributed by atoms with van der Waals surface area (Å²) in [7, 11) is 0. The molecule has 0 aliphatic heterocycles. The molecule has 1 aromatic heterocycles. The van der Waals surface area contributed by atoms with Crippen molar-refractivity contribution in [2.24, 2.45) is 23.7 Å². The van der Waals surface area contributed by atoms with Gasteiger partial charge in [-0.2, -0.15) is 13.2 Å². The van der Waals surface area contributed by atoms with E-state index in [0.29, 0.717) is 36.7 Å². The highest BCUT2D eigenvalue weighted by molar-refractivity contribution is 6.00. The lowest BCUT2D eigenvalue weighted by Crippen LogP contribution is -2.34. The Hall–Kier alpha value is -3.76. The molecule has 1 heterocycles. The second-order valence-corrected chi connectivity index (χ2v) is 10.8. The average molecular weight is 558 g/mol. The molecule has 2 fully saturated rings. The summed E-state index contributed by atoms with van der Waals surface area (Å²) < 4.78 is 46.3. The molecule has 2 saturated carbocycles. The topological polar surface area (TPSA) is 111 Å². The number of aromatic nitrogens is 3. The fraction of sp³-hybridized carbons (Fsp3) is 0.483. The zero-order valence-electron chi connectivity index (χ0n) is 21.8. The van der Waals surface area contributed by atoms with Gasteiger partial charge in [-0.15, -0.1) is 5.10 Å². The van der Waals surface area contributed by atoms with E-state index < -0.39 is 41.0 Å². The molecule has 8 nitrogen and oxygen atoms in total. The van der Waals surface area contributed by atoms with Crippen LogP contribution in [0.25, 0.3) is 10.9 Å². The number of rotatable bonds is 8. The summed E-state index contributed by atoms with van der Waals surface area (Å²) >= 11 is 0. The maximum atomic E-state index is 13.3. The van der Waals surface area contributed by atoms with Gasteiger partial charge in [-0.1, -0.05) is 24.5 Å². The van der Waals surface area contributed by atoms with Crippen LogP contribution in [0.4, 0.5) is 13.2 Å². The molecular weight excluding hydrogens is 527 g/mol. The van der Waals surface area contributed by atoms with Crippen LogP contribution in [0, 0.1) is 23.7 Å². The van der Waals surface area contributed by atoms with Crippen LogP contribution in [-0.4, -0.2) is 38.5 Å². The van der Waals surface area contributed by atoms with Crippen LogP contribution in [0.15, 0.2) is 47.3 Å². The lowest BCUT2D eigenvalue weighted by Gasteiger charge is -2.22. The SMILES string of the molecule is O=C(O)[C@H]1[C@H](Cn2nnc3ccc(C(F)(F)F)cc3c2=O)CC[C@@H]1C(=O)c1ccc(OCC2CCCCC2)cc1. The van der Waals surface area contributed by atoms with Gasteiger partial charge >= 0.3 is 12.1 Å². The summed E-state index contributed by atoms with van der Waals surface area (Å²) in [6.45, 7) is 0.458. The highest BCUT2D eigenvalue weighted by Gasteiger charge is 2.45. The van der Waals surface area contributed by atoms with E-state index >= 15 is 0 Å². The first-order valence-electron chi connectivity index (χ1n) is 13.6. The molecule has 2 aliphatic rings. The van der Waals surface area contributed by atoms with E-state index in [1.54, 1.807) is 24.3 Å². The zero-order valence-corrected chi connectivity index (χ0v) is 21.8. The Bertz CT molecular complexity index is 1450. The largest absolute Gasteiger partial charge is 0.493 e. The summed E-state index contributed by atoms with van der Waals surface area (Å²) in [6, 6.07) is 9.35. The third-order valence-corrected chi connectivity index (χ3v) is 8.22. The number of alkyl halides is 3. The molecule has 2 aliphatic carbocycles. The third-order valence-electron chi connectivity index (χ3n) is 8.22. The molecule has 11 heteroatoms. The number of ketones is 1. The predicted molar refractivity (Wildman–Crippen MR) is 139 cm³/mol. The number of fused-ring (bicyclic) bond motifs is 1. The minimum absolute atomic E-state index is 0.00896. The van der Waals surface area contributed by atoms with Crippen molar-refractivity contribution < 1.29 is 32.6 Å². The number of carboxylic acids is 1. The summed E-state index contributed by atoms with van der Waals surface area (Å²) in [6.07, 6.45) is 2.01. The Morgan fingerprint density at radius 2 is 1.73 bits per heavy atom. The van der Waals surface area contributed by atoms with Gasteiger partial charge in [0, 0.05) is 11.5 Å². The fourth-order valence-electron chi connectivity index (χ4n) is 6.05. The average Bonchev–Trinajstić information content (AvgIpc) is 3.37. The molecule has 0 radical (unpaired) electrons. The molecule has 0 unspecified atom stereocenters. The minimum Gasteiger partial charge on any atom is -0.493 e. The van der Waals surface area contributed by atoms with Gasteiger partial charge in [0.25, 0.3) is 5.56 Å². The first kappa shape index (κ1) is 27.8. The third kappa shape index (κ3) is 5.88. The Labute approximate surface area is 228 Å². The van der Waals surface area contributed by atoms with Crippen molar-refractivity contribution in [3.63, 3.8) is 0 Å². The molecule has 2 aromatic carbocycles. The van der Waals surface area contributed by atoms with Gasteiger partial charge in [0.15, 0.2) is 5.78 Å². The van der Waals surface area contributed by atoms with Crippen molar-refractivity contribution in [1.82, 2.24) is 15.0 Å². The van der Waals surface area contributed by atoms with Crippen LogP contribution in [0.1, 0.15) is 60.9 Å². The van der Waals surface area contributed by atoms with Crippen molar-refractivity contribution in [2.75, 3.05) is 6.61 Å². The van der Waals surface area contributed by atoms with E-state index in [2.05, 4.69) is 10.3 Å². The molecule has 0 spiro atoms. The molecular formula is C29H30F3N3O5. The molecule has 1 N–H and O–H groups in total. The number of carbonyl (C=O) groups is 2. The quantitative estimate of drug-likeness (QED) is 0.370. The minimum atomic E-state index is -4.64. The smallest absolute Gasteiger partial charge is 0.416 e. The fourth-order valence-corrected chi connectivity index (χ4v) is 6.05. The number of benzene rings is 2. The molecule has 40 heavy (non-hydrogen) atoms. The number of hydrogen-bond acceptors (Lipinski definition) is 6. The number of halogens is 3. The van der Waals surface area contributed by atoms with Gasteiger partial charge in [-0.3, -0.25) is 14.4 Å². The maximum absolute atomic E-state index is 13.3. The van der Waals surface area contributed by atoms with Crippen LogP contribution >= 0.6 is 0 Å². The van der Waals surface area contributed by atoms with E-state index in [1.165, 1.54) is 19.3 Å². The van der Waals surface area contributed by atoms with Crippen molar-refractivity contribution in [3.8, 4) is 5.75 Å². The van der Waals surface area contributed by atoms with Gasteiger partial charge in [0.1, 0.15) is 11.3 Å². The number of hydrogen-bond donors (Lipinski definition) is 1. The number of nitrogens with zero attached hydrogens (tertiary/aromatic N) is 3. The summed E-state index contributed by atoms with van der Waals surface area (Å²) in [5.74, 6) is -2.80. The molecule has 212 valence electrons. The van der Waals surface area contributed by atoms with E-state index in [-0.39, 0.29) is 23.2 Å². The van der Waals surface area contributed by atoms with Crippen LogP contribution < -0.4 is 10.3 Å². The lowest BCUT2D eigenvalue weighted by molar-refractivity contribution is -0.144. The van der Waals surface area contributed by atoms with Crippen molar-refractivity contribution >= 4 is 22.7 Å². The van der Waals surface area contributed by atoms with Crippen molar-refractivity contribution in [2.45, 2.75) is 57.7 Å². The van der Waals surface area contributed by atoms with E-state index in [0.717, 1.165) is 35.7 Å². The van der Waals surface area contributed by atoms with Crippen molar-refractivity contribution in [3.05, 3.63) is 63.9 Å². The first-order valence-corrected chi connectivity index (χ1v) is 13.6. The molecule has 3 atom stereocenters. The van der Waals surface area contributed by atoms with Crippen LogP contribution in [0.3, 0.4) is 0 Å². The predicted octanol–water partition coefficient (Wildman–Crippen LogP) is 5.38. The monoisotopic (exact) mass is 557 g/mol. The molecule has 0 amide bonds. The number of carboxylic acid groups (broad SMARTS) is 1. The Kier molecular flexibility index (Phi) is 7.91. The van der Waals surface area contributed by atoms with E-state index in [1.807, 2.05) is 0 Å². The Balaban J connectivity index is 1.29. The summed E-state index contributed by atoms with van der Waals surface area (Å²) in [4.78, 5) is 38.6. The molecule has 3 aromatic rings. The second-order valence-electron chi connectivity index (χ2n) is 10.8. The second kappa shape index (κ2) is 11.4.